The normalized spacial score (nSPS) is 14.7. The lowest BCUT2D eigenvalue weighted by Gasteiger charge is -2.19. The standard InChI is InChI=1S/C32H33FN4O3S2/c1-6-37-26(42-28(29(37)38)30-35(5)27-24(33)11-9-12-25(27)41-30)18-23-10-7-8-17-36(23)20-22-15-13-21(14-16-22)19-34-31(39)40-32(2,3)4/h7-18H,6,19-20H2,1-5H3/p+1. The van der Waals surface area contributed by atoms with E-state index in [-0.39, 0.29) is 11.4 Å². The summed E-state index contributed by atoms with van der Waals surface area (Å²) in [5.74, 6) is -0.297. The van der Waals surface area contributed by atoms with Gasteiger partial charge in [-0.05, 0) is 51.5 Å². The number of amides is 1. The Morgan fingerprint density at radius 2 is 1.81 bits per heavy atom. The molecule has 0 saturated carbocycles. The van der Waals surface area contributed by atoms with E-state index in [1.807, 2.05) is 88.5 Å². The number of fused-ring (bicyclic) bond motifs is 1. The predicted molar refractivity (Wildman–Crippen MR) is 166 cm³/mol. The molecular weight excluding hydrogens is 572 g/mol. The zero-order valence-electron chi connectivity index (χ0n) is 24.3. The first-order chi connectivity index (χ1) is 20.0. The van der Waals surface area contributed by atoms with Crippen LogP contribution in [0.15, 0.2) is 76.6 Å². The lowest BCUT2D eigenvalue weighted by atomic mass is 10.1. The number of para-hydroxylation sites is 1. The monoisotopic (exact) mass is 605 g/mol. The van der Waals surface area contributed by atoms with Crippen molar-refractivity contribution in [2.24, 2.45) is 0 Å². The number of thiazole rings is 1. The highest BCUT2D eigenvalue weighted by molar-refractivity contribution is 8.08. The van der Waals surface area contributed by atoms with Gasteiger partial charge in [0, 0.05) is 48.8 Å². The summed E-state index contributed by atoms with van der Waals surface area (Å²) in [5.41, 5.74) is 2.92. The van der Waals surface area contributed by atoms with Crippen LogP contribution in [0.3, 0.4) is 0 Å². The van der Waals surface area contributed by atoms with Crippen molar-refractivity contribution in [3.05, 3.63) is 109 Å². The molecule has 1 amide bonds. The van der Waals surface area contributed by atoms with Gasteiger partial charge >= 0.3 is 6.09 Å². The summed E-state index contributed by atoms with van der Waals surface area (Å²) in [6.45, 7) is 8.99. The quantitative estimate of drug-likeness (QED) is 0.327. The van der Waals surface area contributed by atoms with Gasteiger partial charge < -0.3 is 15.0 Å². The Labute approximate surface area is 252 Å². The molecule has 0 radical (unpaired) electrons. The second kappa shape index (κ2) is 12.1. The predicted octanol–water partition coefficient (Wildman–Crippen LogP) is 4.57. The van der Waals surface area contributed by atoms with Crippen LogP contribution in [0.2, 0.25) is 0 Å². The first-order valence-electron chi connectivity index (χ1n) is 13.7. The average Bonchev–Trinajstić information content (AvgIpc) is 3.44. The van der Waals surface area contributed by atoms with E-state index in [9.17, 15) is 14.0 Å². The van der Waals surface area contributed by atoms with Gasteiger partial charge in [0.2, 0.25) is 5.69 Å². The lowest BCUT2D eigenvalue weighted by molar-refractivity contribution is -0.690. The average molecular weight is 606 g/mol. The van der Waals surface area contributed by atoms with Crippen molar-refractivity contribution < 1.29 is 18.5 Å². The Bertz CT molecular complexity index is 1810. The molecule has 1 aliphatic rings. The van der Waals surface area contributed by atoms with Crippen molar-refractivity contribution >= 4 is 46.0 Å². The van der Waals surface area contributed by atoms with Crippen LogP contribution in [-0.2, 0) is 24.4 Å². The summed E-state index contributed by atoms with van der Waals surface area (Å²) in [6, 6.07) is 19.1. The minimum Gasteiger partial charge on any atom is -0.444 e. The summed E-state index contributed by atoms with van der Waals surface area (Å²) in [5, 5.41) is 3.53. The number of aromatic nitrogens is 2. The zero-order valence-corrected chi connectivity index (χ0v) is 25.9. The number of alkyl carbamates (subject to hydrolysis) is 1. The molecule has 0 saturated heterocycles. The van der Waals surface area contributed by atoms with Crippen molar-refractivity contribution in [3.8, 4) is 0 Å². The molecule has 2 aromatic heterocycles. The van der Waals surface area contributed by atoms with Crippen LogP contribution >= 0.6 is 23.1 Å². The number of ether oxygens (including phenoxy) is 1. The fourth-order valence-corrected chi connectivity index (χ4v) is 7.16. The van der Waals surface area contributed by atoms with E-state index in [4.69, 9.17) is 4.74 Å². The number of nitrogens with one attached hydrogen (secondary N) is 1. The zero-order chi connectivity index (χ0) is 30.0. The van der Waals surface area contributed by atoms with E-state index in [1.54, 1.807) is 22.6 Å². The van der Waals surface area contributed by atoms with Crippen molar-refractivity contribution in [2.75, 3.05) is 11.9 Å². The van der Waals surface area contributed by atoms with Crippen LogP contribution in [-0.4, -0.2) is 23.3 Å². The van der Waals surface area contributed by atoms with Gasteiger partial charge in [0.15, 0.2) is 12.7 Å². The number of anilines is 1. The van der Waals surface area contributed by atoms with Gasteiger partial charge in [0.1, 0.15) is 25.6 Å². The third-order valence-electron chi connectivity index (χ3n) is 6.68. The summed E-state index contributed by atoms with van der Waals surface area (Å²) in [6.07, 6.45) is 3.61. The maximum atomic E-state index is 14.6. The molecule has 7 nitrogen and oxygen atoms in total. The SMILES string of the molecule is CCn1c(=Cc2cccc[n+]2Cc2ccc(CNC(=O)OC(C)(C)C)cc2)sc(=C2Sc3cccc(F)c3N2C)c1=O. The molecule has 10 heteroatoms. The van der Waals surface area contributed by atoms with Crippen molar-refractivity contribution in [1.29, 1.82) is 0 Å². The van der Waals surface area contributed by atoms with Crippen molar-refractivity contribution in [2.45, 2.75) is 57.8 Å². The molecule has 5 rings (SSSR count). The molecule has 0 atom stereocenters. The van der Waals surface area contributed by atoms with E-state index in [0.717, 1.165) is 31.4 Å². The molecule has 1 aliphatic heterocycles. The van der Waals surface area contributed by atoms with E-state index in [2.05, 4.69) is 9.88 Å². The summed E-state index contributed by atoms with van der Waals surface area (Å²) in [7, 11) is 1.81. The van der Waals surface area contributed by atoms with Gasteiger partial charge in [-0.2, -0.15) is 4.57 Å². The number of hydrogen-bond donors (Lipinski definition) is 1. The molecule has 3 heterocycles. The highest BCUT2D eigenvalue weighted by Crippen LogP contribution is 2.46. The molecule has 0 spiro atoms. The van der Waals surface area contributed by atoms with Crippen LogP contribution < -0.4 is 29.5 Å². The first-order valence-corrected chi connectivity index (χ1v) is 15.4. The van der Waals surface area contributed by atoms with E-state index >= 15 is 0 Å². The number of pyridine rings is 1. The number of benzene rings is 2. The van der Waals surface area contributed by atoms with Crippen LogP contribution in [0, 0.1) is 5.82 Å². The first kappa shape index (κ1) is 29.6. The Balaban J connectivity index is 1.41. The Morgan fingerprint density at radius 3 is 2.50 bits per heavy atom. The Kier molecular flexibility index (Phi) is 8.56. The number of carbonyl (C=O) groups is 1. The van der Waals surface area contributed by atoms with E-state index < -0.39 is 11.7 Å². The summed E-state index contributed by atoms with van der Waals surface area (Å²) < 4.78 is 25.2. The molecule has 218 valence electrons. The molecule has 1 N–H and O–H groups in total. The molecule has 0 aliphatic carbocycles. The number of halogens is 1. The minimum atomic E-state index is -0.540. The van der Waals surface area contributed by atoms with Gasteiger partial charge in [-0.3, -0.25) is 9.36 Å². The Morgan fingerprint density at radius 1 is 1.07 bits per heavy atom. The molecular formula is C32H34FN4O3S2+. The van der Waals surface area contributed by atoms with Crippen molar-refractivity contribution in [1.82, 2.24) is 9.88 Å². The third kappa shape index (κ3) is 6.44. The molecule has 0 bridgehead atoms. The topological polar surface area (TPSA) is 67.5 Å². The van der Waals surface area contributed by atoms with Gasteiger partial charge in [-0.1, -0.05) is 42.1 Å². The molecule has 4 aromatic rings. The van der Waals surface area contributed by atoms with E-state index in [1.165, 1.54) is 29.2 Å². The number of nitrogens with zero attached hydrogens (tertiary/aromatic N) is 3. The largest absolute Gasteiger partial charge is 0.444 e. The number of hydrogen-bond acceptors (Lipinski definition) is 6. The summed E-state index contributed by atoms with van der Waals surface area (Å²) >= 11 is 2.85. The maximum absolute atomic E-state index is 14.6. The van der Waals surface area contributed by atoms with Crippen LogP contribution in [0.4, 0.5) is 14.9 Å². The second-order valence-electron chi connectivity index (χ2n) is 10.9. The number of carbonyl (C=O) groups excluding carboxylic acids is 1. The molecule has 2 aromatic carbocycles. The van der Waals surface area contributed by atoms with E-state index in [0.29, 0.717) is 29.9 Å². The van der Waals surface area contributed by atoms with Crippen LogP contribution in [0.1, 0.15) is 44.5 Å². The van der Waals surface area contributed by atoms with Gasteiger partial charge in [0.05, 0.1) is 5.69 Å². The maximum Gasteiger partial charge on any atom is 0.407 e. The van der Waals surface area contributed by atoms with Crippen LogP contribution in [0.5, 0.6) is 0 Å². The number of thioether (sulfide) groups is 1. The molecule has 42 heavy (non-hydrogen) atoms. The van der Waals surface area contributed by atoms with Gasteiger partial charge in [0.25, 0.3) is 5.56 Å². The summed E-state index contributed by atoms with van der Waals surface area (Å²) in [4.78, 5) is 28.1. The Hall–Kier alpha value is -3.89. The second-order valence-corrected chi connectivity index (χ2v) is 13.0. The fraction of sp³-hybridized carbons (Fsp3) is 0.281. The highest BCUT2D eigenvalue weighted by Gasteiger charge is 2.27. The third-order valence-corrected chi connectivity index (χ3v) is 9.15. The highest BCUT2D eigenvalue weighted by atomic mass is 32.2. The minimum absolute atomic E-state index is 0.0747. The molecule has 0 fully saturated rings. The number of rotatable bonds is 6. The van der Waals surface area contributed by atoms with Crippen LogP contribution in [0.25, 0.3) is 11.1 Å². The van der Waals surface area contributed by atoms with Crippen molar-refractivity contribution in [3.63, 3.8) is 0 Å². The smallest absolute Gasteiger partial charge is 0.407 e. The lowest BCUT2D eigenvalue weighted by Crippen LogP contribution is -2.38. The van der Waals surface area contributed by atoms with Gasteiger partial charge in [-0.15, -0.1) is 11.3 Å². The van der Waals surface area contributed by atoms with Gasteiger partial charge in [-0.25, -0.2) is 9.18 Å². The fourth-order valence-electron chi connectivity index (χ4n) is 4.68. The molecule has 0 unspecified atom stereocenters.